The minimum atomic E-state index is -1.44. The molecule has 1 aliphatic heterocycles. The molecule has 13 nitrogen and oxygen atoms in total. The molecule has 2 aromatic heterocycles. The van der Waals surface area contributed by atoms with Crippen LogP contribution in [0.2, 0.25) is 0 Å². The van der Waals surface area contributed by atoms with Gasteiger partial charge in [0, 0.05) is 12.6 Å². The molecule has 0 aliphatic carbocycles. The van der Waals surface area contributed by atoms with Crippen molar-refractivity contribution in [3.63, 3.8) is 0 Å². The summed E-state index contributed by atoms with van der Waals surface area (Å²) in [6.45, 7) is 2.17. The molecule has 0 radical (unpaired) electrons. The highest BCUT2D eigenvalue weighted by Crippen LogP contribution is 2.32. The van der Waals surface area contributed by atoms with Gasteiger partial charge in [-0.25, -0.2) is 9.55 Å². The Bertz CT molecular complexity index is 1180. The lowest BCUT2D eigenvalue weighted by Crippen LogP contribution is -2.42. The first-order chi connectivity index (χ1) is 15.3. The first-order valence-electron chi connectivity index (χ1n) is 9.85. The van der Waals surface area contributed by atoms with Crippen LogP contribution in [0.5, 0.6) is 0 Å². The molecule has 1 amide bonds. The van der Waals surface area contributed by atoms with E-state index in [9.17, 15) is 25.1 Å². The van der Waals surface area contributed by atoms with Crippen LogP contribution in [0.1, 0.15) is 18.7 Å². The van der Waals surface area contributed by atoms with Crippen molar-refractivity contribution >= 4 is 28.6 Å². The lowest BCUT2D eigenvalue weighted by molar-refractivity contribution is -0.676. The number of nitrogen functional groups attached to an aromatic ring is 1. The van der Waals surface area contributed by atoms with Crippen LogP contribution < -0.4 is 15.6 Å². The van der Waals surface area contributed by atoms with E-state index in [1.807, 2.05) is 0 Å². The number of nitro groups is 1. The van der Waals surface area contributed by atoms with Crippen molar-refractivity contribution in [2.75, 3.05) is 12.3 Å². The van der Waals surface area contributed by atoms with Gasteiger partial charge in [-0.15, -0.1) is 0 Å². The highest BCUT2D eigenvalue weighted by molar-refractivity contribution is 5.82. The van der Waals surface area contributed by atoms with Crippen molar-refractivity contribution in [1.82, 2.24) is 19.9 Å². The number of aliphatic hydroxyl groups is 2. The summed E-state index contributed by atoms with van der Waals surface area (Å²) in [6, 6.07) is 6.30. The van der Waals surface area contributed by atoms with E-state index in [0.29, 0.717) is 12.1 Å². The Hall–Kier alpha value is -3.68. The summed E-state index contributed by atoms with van der Waals surface area (Å²) >= 11 is 0. The summed E-state index contributed by atoms with van der Waals surface area (Å²) in [4.78, 5) is 31.5. The molecule has 13 heteroatoms. The van der Waals surface area contributed by atoms with Gasteiger partial charge >= 0.3 is 0 Å². The number of hydrogen-bond acceptors (Lipinski definition) is 9. The van der Waals surface area contributed by atoms with Crippen LogP contribution in [0.3, 0.4) is 0 Å². The fourth-order valence-electron chi connectivity index (χ4n) is 3.68. The molecule has 32 heavy (non-hydrogen) atoms. The molecule has 1 saturated heterocycles. The number of anilines is 1. The molecule has 3 heterocycles. The van der Waals surface area contributed by atoms with Gasteiger partial charge < -0.3 is 26.0 Å². The number of benzene rings is 1. The monoisotopic (exact) mass is 444 g/mol. The molecular weight excluding hydrogens is 422 g/mol. The molecule has 0 saturated carbocycles. The van der Waals surface area contributed by atoms with Gasteiger partial charge in [0.15, 0.2) is 17.8 Å². The Morgan fingerprint density at radius 3 is 2.81 bits per heavy atom. The largest absolute Gasteiger partial charge is 0.387 e. The molecule has 3 aromatic rings. The molecule has 0 spiro atoms. The molecule has 1 aromatic carbocycles. The van der Waals surface area contributed by atoms with Gasteiger partial charge in [0.1, 0.15) is 25.1 Å². The fourth-order valence-corrected chi connectivity index (χ4v) is 3.68. The van der Waals surface area contributed by atoms with Crippen LogP contribution in [0.25, 0.3) is 11.2 Å². The summed E-state index contributed by atoms with van der Waals surface area (Å²) in [5.74, 6) is -0.346. The van der Waals surface area contributed by atoms with E-state index in [2.05, 4.69) is 15.3 Å². The van der Waals surface area contributed by atoms with Crippen LogP contribution in [0.15, 0.2) is 36.9 Å². The van der Waals surface area contributed by atoms with Crippen LogP contribution in [0.4, 0.5) is 11.5 Å². The second kappa shape index (κ2) is 8.45. The third-order valence-corrected chi connectivity index (χ3v) is 5.29. The van der Waals surface area contributed by atoms with E-state index in [1.54, 1.807) is 25.1 Å². The minimum Gasteiger partial charge on any atom is -0.387 e. The molecule has 168 valence electrons. The summed E-state index contributed by atoms with van der Waals surface area (Å²) in [5.41, 5.74) is 7.17. The number of likely N-dealkylation sites (N-methyl/N-ethyl adjacent to an activating group) is 1. The van der Waals surface area contributed by atoms with Crippen LogP contribution in [-0.4, -0.2) is 60.4 Å². The number of rotatable bonds is 6. The van der Waals surface area contributed by atoms with Crippen molar-refractivity contribution in [3.05, 3.63) is 52.6 Å². The number of amides is 1. The van der Waals surface area contributed by atoms with Gasteiger partial charge in [-0.2, -0.15) is 0 Å². The zero-order chi connectivity index (χ0) is 23.0. The average molecular weight is 444 g/mol. The predicted octanol–water partition coefficient (Wildman–Crippen LogP) is -0.987. The Morgan fingerprint density at radius 1 is 1.34 bits per heavy atom. The zero-order valence-corrected chi connectivity index (χ0v) is 17.0. The van der Waals surface area contributed by atoms with Crippen LogP contribution >= 0.6 is 0 Å². The molecule has 0 bridgehead atoms. The Labute approximate surface area is 181 Å². The van der Waals surface area contributed by atoms with Crippen LogP contribution in [-0.2, 0) is 16.1 Å². The van der Waals surface area contributed by atoms with Gasteiger partial charge in [0.2, 0.25) is 12.0 Å². The topological polar surface area (TPSA) is 183 Å². The highest BCUT2D eigenvalue weighted by atomic mass is 16.6. The number of aromatic nitrogens is 4. The van der Waals surface area contributed by atoms with Crippen molar-refractivity contribution in [1.29, 1.82) is 0 Å². The Balaban J connectivity index is 1.66. The maximum absolute atomic E-state index is 12.1. The van der Waals surface area contributed by atoms with Crippen molar-refractivity contribution in [3.8, 4) is 0 Å². The Morgan fingerprint density at radius 2 is 2.09 bits per heavy atom. The fraction of sp³-hybridized carbons (Fsp3) is 0.368. The number of nitrogens with one attached hydrogen (secondary N) is 1. The first kappa shape index (κ1) is 21.5. The van der Waals surface area contributed by atoms with Crippen molar-refractivity contribution in [2.45, 2.75) is 38.0 Å². The van der Waals surface area contributed by atoms with E-state index in [0.717, 1.165) is 0 Å². The number of nitrogens with two attached hydrogens (primary N) is 1. The van der Waals surface area contributed by atoms with Gasteiger partial charge in [0.05, 0.1) is 10.5 Å². The molecule has 1 aliphatic rings. The van der Waals surface area contributed by atoms with Gasteiger partial charge in [-0.1, -0.05) is 17.1 Å². The third kappa shape index (κ3) is 3.62. The SMILES string of the molecule is CCNC(=O)[C@H]1O[C@@H](n2cnc3c(N)[n+](Cc4ccccc4[N+](=O)[O-])cnc32)[C@H](O)[C@@H]1O. The highest BCUT2D eigenvalue weighted by Gasteiger charge is 2.48. The smallest absolute Gasteiger partial charge is 0.275 e. The molecule has 4 atom stereocenters. The number of fused-ring (bicyclic) bond motifs is 1. The van der Waals surface area contributed by atoms with E-state index in [1.165, 1.54) is 27.9 Å². The number of carbonyl (C=O) groups is 1. The number of para-hydroxylation sites is 1. The number of aliphatic hydroxyl groups excluding tert-OH is 2. The zero-order valence-electron chi connectivity index (χ0n) is 17.0. The molecule has 4 rings (SSSR count). The van der Waals surface area contributed by atoms with E-state index in [-0.39, 0.29) is 29.2 Å². The summed E-state index contributed by atoms with van der Waals surface area (Å²) < 4.78 is 8.51. The predicted molar refractivity (Wildman–Crippen MR) is 109 cm³/mol. The van der Waals surface area contributed by atoms with E-state index >= 15 is 0 Å². The lowest BCUT2D eigenvalue weighted by Gasteiger charge is -2.15. The molecule has 0 unspecified atom stereocenters. The quantitative estimate of drug-likeness (QED) is 0.211. The molecular formula is C19H22N7O6+. The van der Waals surface area contributed by atoms with E-state index < -0.39 is 35.4 Å². The number of ether oxygens (including phenoxy) is 1. The summed E-state index contributed by atoms with van der Waals surface area (Å²) in [5, 5.41) is 34.5. The second-order valence-electron chi connectivity index (χ2n) is 7.29. The molecule has 5 N–H and O–H groups in total. The van der Waals surface area contributed by atoms with Crippen LogP contribution in [0, 0.1) is 10.1 Å². The maximum Gasteiger partial charge on any atom is 0.275 e. The number of imidazole rings is 1. The Kier molecular flexibility index (Phi) is 5.69. The lowest BCUT2D eigenvalue weighted by atomic mass is 10.1. The maximum atomic E-state index is 12.1. The van der Waals surface area contributed by atoms with Gasteiger partial charge in [-0.3, -0.25) is 19.5 Å². The number of nitrogens with zero attached hydrogens (tertiary/aromatic N) is 5. The number of hydrogen-bond donors (Lipinski definition) is 4. The van der Waals surface area contributed by atoms with E-state index in [4.69, 9.17) is 10.5 Å². The summed E-state index contributed by atoms with van der Waals surface area (Å²) in [7, 11) is 0. The van der Waals surface area contributed by atoms with Crippen molar-refractivity contribution in [2.24, 2.45) is 0 Å². The normalized spacial score (nSPS) is 22.8. The third-order valence-electron chi connectivity index (χ3n) is 5.29. The summed E-state index contributed by atoms with van der Waals surface area (Å²) in [6.07, 6.45) is -2.47. The van der Waals surface area contributed by atoms with Gasteiger partial charge in [0.25, 0.3) is 17.4 Å². The molecule has 1 fully saturated rings. The first-order valence-corrected chi connectivity index (χ1v) is 9.85. The number of nitro benzene ring substituents is 1. The van der Waals surface area contributed by atoms with Crippen molar-refractivity contribution < 1.29 is 29.2 Å². The number of carbonyl (C=O) groups excluding carboxylic acids is 1. The standard InChI is InChI=1S/C19H21N7O6/c1-2-21-18(29)15-13(27)14(28)19(32-15)25-9-22-12-16(20)24(8-23-17(12)25)7-10-5-3-4-6-11(10)26(30)31/h3-6,8-9,13-15,19-20,27-28H,2,7H2,1H3,(H,21,29)/p+1/t13-,14+,15-,19+/m0/s1. The van der Waals surface area contributed by atoms with Gasteiger partial charge in [-0.05, 0) is 13.0 Å². The average Bonchev–Trinajstić information content (AvgIpc) is 3.32. The second-order valence-corrected chi connectivity index (χ2v) is 7.29. The minimum absolute atomic E-state index is 0.0436.